The fourth-order valence-electron chi connectivity index (χ4n) is 2.49. The summed E-state index contributed by atoms with van der Waals surface area (Å²) in [4.78, 5) is 30.1. The van der Waals surface area contributed by atoms with Gasteiger partial charge < -0.3 is 9.72 Å². The second-order valence-corrected chi connectivity index (χ2v) is 4.18. The lowest BCUT2D eigenvalue weighted by Crippen LogP contribution is -2.47. The quantitative estimate of drug-likeness (QED) is 0.591. The van der Waals surface area contributed by atoms with Crippen LogP contribution < -0.4 is 11.2 Å². The van der Waals surface area contributed by atoms with Crippen LogP contribution in [-0.4, -0.2) is 41.2 Å². The number of H-pyrrole nitrogens is 2. The maximum atomic E-state index is 11.6. The van der Waals surface area contributed by atoms with E-state index in [4.69, 9.17) is 4.74 Å². The number of aromatic nitrogens is 2. The predicted octanol–water partition coefficient (Wildman–Crippen LogP) is -1.01. The van der Waals surface area contributed by atoms with Gasteiger partial charge in [0, 0.05) is 24.3 Å². The number of hydrogen-bond donors (Lipinski definition) is 2. The van der Waals surface area contributed by atoms with Gasteiger partial charge in [0.1, 0.15) is 0 Å². The highest BCUT2D eigenvalue weighted by Crippen LogP contribution is 2.27. The van der Waals surface area contributed by atoms with Gasteiger partial charge in [-0.05, 0) is 6.42 Å². The van der Waals surface area contributed by atoms with E-state index < -0.39 is 5.69 Å². The van der Waals surface area contributed by atoms with Crippen molar-refractivity contribution in [2.75, 3.05) is 26.3 Å². The molecule has 0 aliphatic carbocycles. The van der Waals surface area contributed by atoms with E-state index in [1.807, 2.05) is 0 Å². The molecule has 0 amide bonds. The zero-order chi connectivity index (χ0) is 11.1. The summed E-state index contributed by atoms with van der Waals surface area (Å²) in [6.07, 6.45) is 0.692. The number of ether oxygens (including phenoxy) is 1. The smallest absolute Gasteiger partial charge is 0.325 e. The highest BCUT2D eigenvalue weighted by Gasteiger charge is 2.32. The number of rotatable bonds is 0. The minimum atomic E-state index is -0.434. The molecule has 0 saturated carbocycles. The SMILES string of the molecule is O=c1[nH]c2c(c(=O)[nH]1)CCN1CCOCC21. The third-order valence-corrected chi connectivity index (χ3v) is 3.30. The van der Waals surface area contributed by atoms with E-state index in [0.717, 1.165) is 25.4 Å². The first-order chi connectivity index (χ1) is 7.75. The molecular weight excluding hydrogens is 210 g/mol. The van der Waals surface area contributed by atoms with Gasteiger partial charge in [0.25, 0.3) is 5.56 Å². The zero-order valence-electron chi connectivity index (χ0n) is 8.78. The molecular formula is C10H13N3O3. The van der Waals surface area contributed by atoms with Gasteiger partial charge in [-0.1, -0.05) is 0 Å². The molecule has 6 nitrogen and oxygen atoms in total. The Hall–Kier alpha value is -1.40. The van der Waals surface area contributed by atoms with Gasteiger partial charge in [-0.2, -0.15) is 0 Å². The molecule has 3 rings (SSSR count). The summed E-state index contributed by atoms with van der Waals surface area (Å²) in [5, 5.41) is 0. The first-order valence-corrected chi connectivity index (χ1v) is 5.43. The molecule has 1 aromatic heterocycles. The van der Waals surface area contributed by atoms with E-state index in [9.17, 15) is 9.59 Å². The van der Waals surface area contributed by atoms with E-state index in [2.05, 4.69) is 14.9 Å². The van der Waals surface area contributed by atoms with Crippen molar-refractivity contribution in [3.05, 3.63) is 32.1 Å². The van der Waals surface area contributed by atoms with Crippen LogP contribution in [0.25, 0.3) is 0 Å². The first kappa shape index (κ1) is 9.80. The Morgan fingerprint density at radius 1 is 1.25 bits per heavy atom. The van der Waals surface area contributed by atoms with Crippen molar-refractivity contribution in [1.82, 2.24) is 14.9 Å². The summed E-state index contributed by atoms with van der Waals surface area (Å²) in [5.41, 5.74) is 0.742. The first-order valence-electron chi connectivity index (χ1n) is 5.43. The van der Waals surface area contributed by atoms with Crippen LogP contribution in [0.1, 0.15) is 17.3 Å². The van der Waals surface area contributed by atoms with Crippen molar-refractivity contribution < 1.29 is 4.74 Å². The molecule has 2 aliphatic heterocycles. The molecule has 0 spiro atoms. The normalized spacial score (nSPS) is 24.9. The molecule has 0 aromatic carbocycles. The molecule has 16 heavy (non-hydrogen) atoms. The molecule has 1 fully saturated rings. The second kappa shape index (κ2) is 3.57. The highest BCUT2D eigenvalue weighted by atomic mass is 16.5. The van der Waals surface area contributed by atoms with Crippen LogP contribution in [0, 0.1) is 0 Å². The zero-order valence-corrected chi connectivity index (χ0v) is 8.78. The lowest BCUT2D eigenvalue weighted by Gasteiger charge is -2.39. The Balaban J connectivity index is 2.14. The van der Waals surface area contributed by atoms with Gasteiger partial charge in [-0.25, -0.2) is 4.79 Å². The molecule has 1 unspecified atom stereocenters. The van der Waals surface area contributed by atoms with Crippen LogP contribution >= 0.6 is 0 Å². The van der Waals surface area contributed by atoms with Gasteiger partial charge in [0.05, 0.1) is 19.3 Å². The maximum absolute atomic E-state index is 11.6. The number of nitrogens with one attached hydrogen (secondary N) is 2. The summed E-state index contributed by atoms with van der Waals surface area (Å²) in [7, 11) is 0. The lowest BCUT2D eigenvalue weighted by atomic mass is 9.98. The minimum absolute atomic E-state index is 0.0347. The number of hydrogen-bond acceptors (Lipinski definition) is 4. The summed E-state index contributed by atoms with van der Waals surface area (Å²) >= 11 is 0. The van der Waals surface area contributed by atoms with Crippen LogP contribution in [0.2, 0.25) is 0 Å². The highest BCUT2D eigenvalue weighted by molar-refractivity contribution is 5.23. The van der Waals surface area contributed by atoms with Gasteiger partial charge >= 0.3 is 5.69 Å². The lowest BCUT2D eigenvalue weighted by molar-refractivity contribution is -0.0149. The molecule has 6 heteroatoms. The summed E-state index contributed by atoms with van der Waals surface area (Å²) in [6, 6.07) is 0.0347. The van der Waals surface area contributed by atoms with Gasteiger partial charge in [-0.15, -0.1) is 0 Å². The van der Waals surface area contributed by atoms with E-state index in [1.54, 1.807) is 0 Å². The van der Waals surface area contributed by atoms with Gasteiger partial charge in [0.2, 0.25) is 0 Å². The van der Waals surface area contributed by atoms with Crippen molar-refractivity contribution in [3.63, 3.8) is 0 Å². The van der Waals surface area contributed by atoms with Crippen LogP contribution in [0.4, 0.5) is 0 Å². The van der Waals surface area contributed by atoms with Gasteiger partial charge in [0.15, 0.2) is 0 Å². The fraction of sp³-hybridized carbons (Fsp3) is 0.600. The van der Waals surface area contributed by atoms with Gasteiger partial charge in [-0.3, -0.25) is 14.7 Å². The number of nitrogens with zero attached hydrogens (tertiary/aromatic N) is 1. The number of fused-ring (bicyclic) bond motifs is 3. The van der Waals surface area contributed by atoms with Crippen LogP contribution in [0.15, 0.2) is 9.59 Å². The standard InChI is InChI=1S/C10H13N3O3/c14-9-6-1-2-13-3-4-16-5-7(13)8(6)11-10(15)12-9/h7H,1-5H2,(H2,11,12,14,15). The Kier molecular flexibility index (Phi) is 2.19. The molecule has 1 saturated heterocycles. The van der Waals surface area contributed by atoms with Crippen LogP contribution in [0.5, 0.6) is 0 Å². The molecule has 2 N–H and O–H groups in total. The molecule has 0 bridgehead atoms. The van der Waals surface area contributed by atoms with Crippen LogP contribution in [0.3, 0.4) is 0 Å². The average molecular weight is 223 g/mol. The summed E-state index contributed by atoms with van der Waals surface area (Å²) in [6.45, 7) is 2.99. The third-order valence-electron chi connectivity index (χ3n) is 3.30. The molecule has 2 aliphatic rings. The fourth-order valence-corrected chi connectivity index (χ4v) is 2.49. The van der Waals surface area contributed by atoms with Crippen molar-refractivity contribution in [3.8, 4) is 0 Å². The summed E-state index contributed by atoms with van der Waals surface area (Å²) < 4.78 is 5.40. The summed E-state index contributed by atoms with van der Waals surface area (Å²) in [5.74, 6) is 0. The molecule has 1 aromatic rings. The van der Waals surface area contributed by atoms with Crippen molar-refractivity contribution in [2.45, 2.75) is 12.5 Å². The largest absolute Gasteiger partial charge is 0.378 e. The van der Waals surface area contributed by atoms with Crippen molar-refractivity contribution in [1.29, 1.82) is 0 Å². The Labute approximate surface area is 91.2 Å². The third kappa shape index (κ3) is 1.42. The number of aromatic amines is 2. The average Bonchev–Trinajstić information content (AvgIpc) is 2.28. The number of morpholine rings is 1. The van der Waals surface area contributed by atoms with E-state index in [-0.39, 0.29) is 11.6 Å². The second-order valence-electron chi connectivity index (χ2n) is 4.18. The van der Waals surface area contributed by atoms with E-state index in [1.165, 1.54) is 0 Å². The monoisotopic (exact) mass is 223 g/mol. The molecule has 3 heterocycles. The predicted molar refractivity (Wildman–Crippen MR) is 56.5 cm³/mol. The Morgan fingerprint density at radius 3 is 3.00 bits per heavy atom. The van der Waals surface area contributed by atoms with E-state index in [0.29, 0.717) is 18.6 Å². The van der Waals surface area contributed by atoms with E-state index >= 15 is 0 Å². The maximum Gasteiger partial charge on any atom is 0.325 e. The minimum Gasteiger partial charge on any atom is -0.378 e. The molecule has 0 radical (unpaired) electrons. The topological polar surface area (TPSA) is 78.2 Å². The molecule has 1 atom stereocenters. The van der Waals surface area contributed by atoms with Crippen molar-refractivity contribution >= 4 is 0 Å². The Bertz CT molecular complexity index is 519. The Morgan fingerprint density at radius 2 is 2.12 bits per heavy atom. The van der Waals surface area contributed by atoms with Crippen LogP contribution in [-0.2, 0) is 11.2 Å². The van der Waals surface area contributed by atoms with Crippen molar-refractivity contribution in [2.24, 2.45) is 0 Å². The molecule has 86 valence electrons.